The van der Waals surface area contributed by atoms with E-state index in [0.29, 0.717) is 0 Å². The van der Waals surface area contributed by atoms with E-state index >= 15 is 0 Å². The van der Waals surface area contributed by atoms with Crippen molar-refractivity contribution in [3.63, 3.8) is 0 Å². The normalized spacial score (nSPS) is 15.1. The highest BCUT2D eigenvalue weighted by Crippen LogP contribution is 2.44. The minimum Gasteiger partial charge on any atom is -0.396 e. The molecule has 1 aliphatic rings. The van der Waals surface area contributed by atoms with Gasteiger partial charge in [0, 0.05) is 54.8 Å². The van der Waals surface area contributed by atoms with Crippen LogP contribution in [0, 0.1) is 5.41 Å². The number of aliphatic hydroxyl groups excluding tert-OH is 1. The highest BCUT2D eigenvalue weighted by molar-refractivity contribution is 5.61. The van der Waals surface area contributed by atoms with Crippen molar-refractivity contribution in [2.24, 2.45) is 5.41 Å². The molecule has 1 saturated carbocycles. The van der Waals surface area contributed by atoms with Crippen LogP contribution in [0.4, 0.5) is 0 Å². The third-order valence-electron chi connectivity index (χ3n) is 5.07. The van der Waals surface area contributed by atoms with E-state index < -0.39 is 0 Å². The summed E-state index contributed by atoms with van der Waals surface area (Å²) in [5.41, 5.74) is 4.48. The Labute approximate surface area is 153 Å². The van der Waals surface area contributed by atoms with E-state index in [1.54, 1.807) is 6.20 Å². The molecule has 0 amide bonds. The van der Waals surface area contributed by atoms with Crippen molar-refractivity contribution in [2.75, 3.05) is 13.2 Å². The van der Waals surface area contributed by atoms with Gasteiger partial charge in [0.1, 0.15) is 0 Å². The van der Waals surface area contributed by atoms with Crippen LogP contribution in [0.3, 0.4) is 0 Å². The smallest absolute Gasteiger partial charge is 0.0983 e. The zero-order valence-corrected chi connectivity index (χ0v) is 14.8. The summed E-state index contributed by atoms with van der Waals surface area (Å²) in [4.78, 5) is 4.24. The number of benzene rings is 1. The molecule has 0 spiro atoms. The van der Waals surface area contributed by atoms with Crippen LogP contribution < -0.4 is 5.32 Å². The van der Waals surface area contributed by atoms with Crippen LogP contribution >= 0.6 is 0 Å². The van der Waals surface area contributed by atoms with Crippen molar-refractivity contribution in [1.82, 2.24) is 20.1 Å². The molecule has 4 rings (SSSR count). The average Bonchev–Trinajstić information content (AvgIpc) is 3.36. The van der Waals surface area contributed by atoms with Crippen LogP contribution in [0.1, 0.15) is 24.0 Å². The Balaban J connectivity index is 1.54. The molecule has 5 heteroatoms. The van der Waals surface area contributed by atoms with Gasteiger partial charge in [-0.1, -0.05) is 30.3 Å². The molecule has 2 heterocycles. The summed E-state index contributed by atoms with van der Waals surface area (Å²) in [5.74, 6) is 0. The molecule has 0 aliphatic heterocycles. The first kappa shape index (κ1) is 16.9. The predicted octanol–water partition coefficient (Wildman–Crippen LogP) is 2.86. The topological polar surface area (TPSA) is 63.0 Å². The highest BCUT2D eigenvalue weighted by Gasteiger charge is 2.41. The number of aliphatic hydroxyl groups is 1. The number of nitrogens with zero attached hydrogens (tertiary/aromatic N) is 3. The van der Waals surface area contributed by atoms with Crippen LogP contribution in [0.15, 0.2) is 61.1 Å². The van der Waals surface area contributed by atoms with Gasteiger partial charge >= 0.3 is 0 Å². The van der Waals surface area contributed by atoms with Gasteiger partial charge in [-0.15, -0.1) is 0 Å². The molecule has 0 atom stereocenters. The van der Waals surface area contributed by atoms with Crippen LogP contribution in [0.2, 0.25) is 0 Å². The maximum absolute atomic E-state index is 9.49. The third-order valence-corrected chi connectivity index (χ3v) is 5.07. The molecule has 0 saturated heterocycles. The number of rotatable bonds is 8. The van der Waals surface area contributed by atoms with Gasteiger partial charge in [0.25, 0.3) is 0 Å². The quantitative estimate of drug-likeness (QED) is 0.657. The average molecular weight is 348 g/mol. The van der Waals surface area contributed by atoms with E-state index in [1.165, 1.54) is 5.56 Å². The minimum absolute atomic E-state index is 0.106. The number of nitrogens with one attached hydrogen (secondary N) is 1. The largest absolute Gasteiger partial charge is 0.396 e. The molecule has 1 fully saturated rings. The summed E-state index contributed by atoms with van der Waals surface area (Å²) in [5, 5.41) is 17.8. The number of pyridine rings is 1. The summed E-state index contributed by atoms with van der Waals surface area (Å²) in [6.07, 6.45) is 7.97. The van der Waals surface area contributed by atoms with Crippen LogP contribution in [0.25, 0.3) is 11.3 Å². The molecule has 1 aliphatic carbocycles. The van der Waals surface area contributed by atoms with Crippen molar-refractivity contribution in [2.45, 2.75) is 25.9 Å². The Morgan fingerprint density at radius 2 is 1.96 bits per heavy atom. The van der Waals surface area contributed by atoms with Crippen molar-refractivity contribution in [1.29, 1.82) is 0 Å². The first-order valence-electron chi connectivity index (χ1n) is 9.10. The first-order valence-corrected chi connectivity index (χ1v) is 9.10. The maximum Gasteiger partial charge on any atom is 0.0983 e. The molecule has 2 aromatic heterocycles. The Hall–Kier alpha value is -2.50. The molecule has 0 bridgehead atoms. The standard InChI is InChI=1S/C21H24N4O/c26-16-21(8-9-21)15-23-12-19-14-25(13-17-5-2-1-3-6-17)24-20(19)18-7-4-10-22-11-18/h1-7,10-11,14,23,26H,8-9,12-13,15-16H2. The number of aromatic nitrogens is 3. The van der Waals surface area contributed by atoms with Crippen molar-refractivity contribution >= 4 is 0 Å². The molecule has 5 nitrogen and oxygen atoms in total. The fourth-order valence-electron chi connectivity index (χ4n) is 3.22. The molecular formula is C21H24N4O. The zero-order chi connectivity index (χ0) is 17.8. The molecule has 26 heavy (non-hydrogen) atoms. The van der Waals surface area contributed by atoms with Crippen molar-refractivity contribution in [3.05, 3.63) is 72.2 Å². The fourth-order valence-corrected chi connectivity index (χ4v) is 3.22. The highest BCUT2D eigenvalue weighted by atomic mass is 16.3. The van der Waals surface area contributed by atoms with E-state index in [4.69, 9.17) is 5.10 Å². The lowest BCUT2D eigenvalue weighted by molar-refractivity contribution is 0.207. The number of hydrogen-bond acceptors (Lipinski definition) is 4. The molecule has 134 valence electrons. The van der Waals surface area contributed by atoms with Crippen LogP contribution in [0.5, 0.6) is 0 Å². The summed E-state index contributed by atoms with van der Waals surface area (Å²) in [6.45, 7) is 2.60. The van der Waals surface area contributed by atoms with E-state index in [1.807, 2.05) is 41.2 Å². The Morgan fingerprint density at radius 1 is 1.12 bits per heavy atom. The van der Waals surface area contributed by atoms with Crippen molar-refractivity contribution < 1.29 is 5.11 Å². The van der Waals surface area contributed by atoms with Gasteiger partial charge in [-0.05, 0) is 30.5 Å². The minimum atomic E-state index is 0.106. The molecule has 2 N–H and O–H groups in total. The van der Waals surface area contributed by atoms with Gasteiger partial charge in [-0.25, -0.2) is 0 Å². The second-order valence-electron chi connectivity index (χ2n) is 7.19. The Bertz CT molecular complexity index is 841. The molecule has 0 radical (unpaired) electrons. The summed E-state index contributed by atoms with van der Waals surface area (Å²) >= 11 is 0. The second kappa shape index (κ2) is 7.40. The molecule has 0 unspecified atom stereocenters. The van der Waals surface area contributed by atoms with E-state index in [9.17, 15) is 5.11 Å². The Kier molecular flexibility index (Phi) is 4.82. The number of hydrogen-bond donors (Lipinski definition) is 2. The maximum atomic E-state index is 9.49. The molecular weight excluding hydrogens is 324 g/mol. The van der Waals surface area contributed by atoms with Gasteiger partial charge in [0.15, 0.2) is 0 Å². The van der Waals surface area contributed by atoms with Gasteiger partial charge < -0.3 is 10.4 Å². The Morgan fingerprint density at radius 3 is 2.65 bits per heavy atom. The van der Waals surface area contributed by atoms with Crippen LogP contribution in [-0.2, 0) is 13.1 Å². The van der Waals surface area contributed by atoms with Gasteiger partial charge in [-0.2, -0.15) is 5.10 Å². The predicted molar refractivity (Wildman–Crippen MR) is 101 cm³/mol. The van der Waals surface area contributed by atoms with Crippen LogP contribution in [-0.4, -0.2) is 33.0 Å². The van der Waals surface area contributed by atoms with Gasteiger partial charge in [-0.3, -0.25) is 9.67 Å². The SMILES string of the molecule is OCC1(CNCc2cn(Cc3ccccc3)nc2-c2cccnc2)CC1. The molecule has 3 aromatic rings. The molecule has 1 aromatic carbocycles. The fraction of sp³-hybridized carbons (Fsp3) is 0.333. The van der Waals surface area contributed by atoms with E-state index in [-0.39, 0.29) is 12.0 Å². The monoisotopic (exact) mass is 348 g/mol. The van der Waals surface area contributed by atoms with Gasteiger partial charge in [0.05, 0.1) is 12.2 Å². The van der Waals surface area contributed by atoms with Gasteiger partial charge in [0.2, 0.25) is 0 Å². The lowest BCUT2D eigenvalue weighted by Crippen LogP contribution is -2.26. The lowest BCUT2D eigenvalue weighted by Gasteiger charge is -2.12. The summed E-state index contributed by atoms with van der Waals surface area (Å²) in [6, 6.07) is 14.3. The lowest BCUT2D eigenvalue weighted by atomic mass is 10.1. The van der Waals surface area contributed by atoms with E-state index in [2.05, 4.69) is 28.6 Å². The van der Waals surface area contributed by atoms with Crippen molar-refractivity contribution in [3.8, 4) is 11.3 Å². The second-order valence-corrected chi connectivity index (χ2v) is 7.19. The summed E-state index contributed by atoms with van der Waals surface area (Å²) < 4.78 is 1.99. The summed E-state index contributed by atoms with van der Waals surface area (Å²) in [7, 11) is 0. The zero-order valence-electron chi connectivity index (χ0n) is 14.8. The third kappa shape index (κ3) is 3.84. The van der Waals surface area contributed by atoms with E-state index in [0.717, 1.165) is 49.3 Å². The first-order chi connectivity index (χ1) is 12.8.